The second kappa shape index (κ2) is 5.08. The van der Waals surface area contributed by atoms with Gasteiger partial charge >= 0.3 is 0 Å². The molecule has 1 heterocycles. The van der Waals surface area contributed by atoms with Gasteiger partial charge < -0.3 is 16.0 Å². The van der Waals surface area contributed by atoms with E-state index in [1.54, 1.807) is 18.2 Å². The van der Waals surface area contributed by atoms with Gasteiger partial charge in [0.05, 0.1) is 23.0 Å². The summed E-state index contributed by atoms with van der Waals surface area (Å²) in [5.74, 6) is 0. The summed E-state index contributed by atoms with van der Waals surface area (Å²) in [5.41, 5.74) is 9.09. The molecule has 0 radical (unpaired) electrons. The molecular formula is C13H14N4. The maximum absolute atomic E-state index is 8.80. The summed E-state index contributed by atoms with van der Waals surface area (Å²) in [6, 6.07) is 11.3. The van der Waals surface area contributed by atoms with Crippen molar-refractivity contribution in [3.8, 4) is 6.07 Å². The Morgan fingerprint density at radius 2 is 2.24 bits per heavy atom. The summed E-state index contributed by atoms with van der Waals surface area (Å²) in [4.78, 5) is 3.14. The number of H-pyrrole nitrogens is 1. The molecule has 2 aromatic rings. The highest BCUT2D eigenvalue weighted by molar-refractivity contribution is 5.68. The van der Waals surface area contributed by atoms with Crippen molar-refractivity contribution in [3.63, 3.8) is 0 Å². The van der Waals surface area contributed by atoms with Crippen LogP contribution >= 0.6 is 0 Å². The average Bonchev–Trinajstić information content (AvgIpc) is 2.84. The van der Waals surface area contributed by atoms with Crippen LogP contribution < -0.4 is 11.1 Å². The normalized spacial score (nSPS) is 9.82. The van der Waals surface area contributed by atoms with E-state index in [9.17, 15) is 0 Å². The van der Waals surface area contributed by atoms with E-state index in [2.05, 4.69) is 16.4 Å². The minimum atomic E-state index is 0.613. The number of hydrogen-bond acceptors (Lipinski definition) is 3. The van der Waals surface area contributed by atoms with Crippen LogP contribution in [0.15, 0.2) is 36.5 Å². The first-order valence-electron chi connectivity index (χ1n) is 5.45. The van der Waals surface area contributed by atoms with Crippen molar-refractivity contribution in [1.82, 2.24) is 4.98 Å². The molecule has 0 saturated heterocycles. The molecule has 0 saturated carbocycles. The summed E-state index contributed by atoms with van der Waals surface area (Å²) < 4.78 is 0. The fourth-order valence-electron chi connectivity index (χ4n) is 1.63. The van der Waals surface area contributed by atoms with Crippen LogP contribution in [0.4, 0.5) is 11.4 Å². The zero-order chi connectivity index (χ0) is 12.1. The highest BCUT2D eigenvalue weighted by Crippen LogP contribution is 2.19. The standard InChI is InChI=1S/C13H14N4/c14-9-10-3-4-12(15)13(8-10)17-7-5-11-2-1-6-16-11/h1-4,6,8,16-17H,5,7,15H2. The van der Waals surface area contributed by atoms with Gasteiger partial charge in [-0.2, -0.15) is 5.26 Å². The van der Waals surface area contributed by atoms with Gasteiger partial charge in [0.15, 0.2) is 0 Å². The molecule has 0 unspecified atom stereocenters. The van der Waals surface area contributed by atoms with E-state index in [-0.39, 0.29) is 0 Å². The summed E-state index contributed by atoms with van der Waals surface area (Å²) in [7, 11) is 0. The molecule has 0 bridgehead atoms. The van der Waals surface area contributed by atoms with Gasteiger partial charge in [-0.3, -0.25) is 0 Å². The molecule has 0 spiro atoms. The van der Waals surface area contributed by atoms with Gasteiger partial charge in [0.25, 0.3) is 0 Å². The maximum atomic E-state index is 8.80. The number of aromatic nitrogens is 1. The molecule has 1 aromatic heterocycles. The van der Waals surface area contributed by atoms with E-state index < -0.39 is 0 Å². The van der Waals surface area contributed by atoms with Crippen LogP contribution in [0.2, 0.25) is 0 Å². The average molecular weight is 226 g/mol. The molecule has 2 rings (SSSR count). The predicted octanol–water partition coefficient (Wildman–Crippen LogP) is 2.12. The molecule has 4 N–H and O–H groups in total. The predicted molar refractivity (Wildman–Crippen MR) is 68.6 cm³/mol. The van der Waals surface area contributed by atoms with Gasteiger partial charge in [-0.25, -0.2) is 0 Å². The van der Waals surface area contributed by atoms with Crippen LogP contribution in [-0.4, -0.2) is 11.5 Å². The van der Waals surface area contributed by atoms with E-state index in [0.29, 0.717) is 11.3 Å². The Labute approximate surface area is 100 Å². The van der Waals surface area contributed by atoms with Crippen LogP contribution in [-0.2, 0) is 6.42 Å². The maximum Gasteiger partial charge on any atom is 0.0992 e. The van der Waals surface area contributed by atoms with E-state index in [1.165, 1.54) is 5.69 Å². The fourth-order valence-corrected chi connectivity index (χ4v) is 1.63. The topological polar surface area (TPSA) is 77.6 Å². The van der Waals surface area contributed by atoms with Crippen LogP contribution in [0.5, 0.6) is 0 Å². The molecule has 86 valence electrons. The second-order valence-electron chi connectivity index (χ2n) is 3.79. The lowest BCUT2D eigenvalue weighted by Gasteiger charge is -2.08. The summed E-state index contributed by atoms with van der Waals surface area (Å²) in [6.07, 6.45) is 2.79. The van der Waals surface area contributed by atoms with Crippen molar-refractivity contribution < 1.29 is 0 Å². The first-order valence-corrected chi connectivity index (χ1v) is 5.45. The van der Waals surface area contributed by atoms with Gasteiger partial charge in [-0.1, -0.05) is 0 Å². The number of aromatic amines is 1. The van der Waals surface area contributed by atoms with E-state index in [1.807, 2.05) is 18.3 Å². The lowest BCUT2D eigenvalue weighted by atomic mass is 10.2. The Bertz CT molecular complexity index is 523. The summed E-state index contributed by atoms with van der Waals surface area (Å²) in [6.45, 7) is 0.777. The third-order valence-electron chi connectivity index (χ3n) is 2.55. The molecule has 4 heteroatoms. The molecule has 1 aromatic carbocycles. The van der Waals surface area contributed by atoms with Crippen LogP contribution in [0.3, 0.4) is 0 Å². The fraction of sp³-hybridized carbons (Fsp3) is 0.154. The molecule has 0 aliphatic rings. The van der Waals surface area contributed by atoms with Crippen molar-refractivity contribution in [1.29, 1.82) is 5.26 Å². The van der Waals surface area contributed by atoms with Gasteiger partial charge in [-0.15, -0.1) is 0 Å². The zero-order valence-corrected chi connectivity index (χ0v) is 9.40. The minimum absolute atomic E-state index is 0.613. The van der Waals surface area contributed by atoms with Crippen molar-refractivity contribution >= 4 is 11.4 Å². The quantitative estimate of drug-likeness (QED) is 0.699. The molecule has 17 heavy (non-hydrogen) atoms. The Hall–Kier alpha value is -2.41. The van der Waals surface area contributed by atoms with Gasteiger partial charge in [0.1, 0.15) is 0 Å². The van der Waals surface area contributed by atoms with E-state index in [4.69, 9.17) is 11.0 Å². The molecule has 0 aliphatic heterocycles. The Morgan fingerprint density at radius 1 is 1.35 bits per heavy atom. The number of nitrogen functional groups attached to an aromatic ring is 1. The van der Waals surface area contributed by atoms with Crippen LogP contribution in [0.1, 0.15) is 11.3 Å². The first-order chi connectivity index (χ1) is 8.29. The lowest BCUT2D eigenvalue weighted by molar-refractivity contribution is 0.977. The second-order valence-corrected chi connectivity index (χ2v) is 3.79. The number of anilines is 2. The number of hydrogen-bond donors (Lipinski definition) is 3. The molecule has 0 aliphatic carbocycles. The number of nitrogens with zero attached hydrogens (tertiary/aromatic N) is 1. The lowest BCUT2D eigenvalue weighted by Crippen LogP contribution is -2.07. The number of nitrogens with one attached hydrogen (secondary N) is 2. The Kier molecular flexibility index (Phi) is 3.31. The zero-order valence-electron chi connectivity index (χ0n) is 9.40. The largest absolute Gasteiger partial charge is 0.397 e. The van der Waals surface area contributed by atoms with Crippen LogP contribution in [0.25, 0.3) is 0 Å². The number of nitrogens with two attached hydrogens (primary N) is 1. The smallest absolute Gasteiger partial charge is 0.0992 e. The number of rotatable bonds is 4. The van der Waals surface area contributed by atoms with Gasteiger partial charge in [0.2, 0.25) is 0 Å². The summed E-state index contributed by atoms with van der Waals surface area (Å²) in [5, 5.41) is 12.0. The van der Waals surface area contributed by atoms with E-state index in [0.717, 1.165) is 18.7 Å². The molecular weight excluding hydrogens is 212 g/mol. The van der Waals surface area contributed by atoms with Crippen molar-refractivity contribution in [2.45, 2.75) is 6.42 Å². The van der Waals surface area contributed by atoms with Crippen molar-refractivity contribution in [2.24, 2.45) is 0 Å². The first kappa shape index (κ1) is 11.1. The van der Waals surface area contributed by atoms with Gasteiger partial charge in [-0.05, 0) is 30.3 Å². The summed E-state index contributed by atoms with van der Waals surface area (Å²) >= 11 is 0. The third kappa shape index (κ3) is 2.79. The van der Waals surface area contributed by atoms with Crippen LogP contribution in [0, 0.1) is 11.3 Å². The number of nitriles is 1. The van der Waals surface area contributed by atoms with E-state index >= 15 is 0 Å². The third-order valence-corrected chi connectivity index (χ3v) is 2.55. The highest BCUT2D eigenvalue weighted by atomic mass is 14.9. The van der Waals surface area contributed by atoms with Gasteiger partial charge in [0, 0.05) is 24.9 Å². The molecule has 4 nitrogen and oxygen atoms in total. The Balaban J connectivity index is 1.97. The highest BCUT2D eigenvalue weighted by Gasteiger charge is 2.00. The Morgan fingerprint density at radius 3 is 2.94 bits per heavy atom. The molecule has 0 amide bonds. The van der Waals surface area contributed by atoms with Crippen molar-refractivity contribution in [3.05, 3.63) is 47.8 Å². The molecule has 0 fully saturated rings. The SMILES string of the molecule is N#Cc1ccc(N)c(NCCc2ccc[nH]2)c1. The monoisotopic (exact) mass is 226 g/mol. The minimum Gasteiger partial charge on any atom is -0.397 e. The number of benzene rings is 1. The van der Waals surface area contributed by atoms with Crippen molar-refractivity contribution in [2.75, 3.05) is 17.6 Å². The molecule has 0 atom stereocenters.